The van der Waals surface area contributed by atoms with Crippen molar-refractivity contribution in [3.8, 4) is 0 Å². The second-order valence-corrected chi connectivity index (χ2v) is 9.90. The Bertz CT molecular complexity index is 403. The zero-order valence-corrected chi connectivity index (χ0v) is 15.7. The van der Waals surface area contributed by atoms with Crippen molar-refractivity contribution >= 4 is 33.5 Å². The molecule has 0 aliphatic heterocycles. The highest BCUT2D eigenvalue weighted by Gasteiger charge is 2.20. The van der Waals surface area contributed by atoms with E-state index in [-0.39, 0.29) is 23.0 Å². The van der Waals surface area contributed by atoms with Crippen molar-refractivity contribution in [1.29, 1.82) is 0 Å². The molecule has 0 aromatic heterocycles. The van der Waals surface area contributed by atoms with Crippen LogP contribution in [0.5, 0.6) is 0 Å². The zero-order chi connectivity index (χ0) is 17.6. The molecule has 0 N–H and O–H groups in total. The third kappa shape index (κ3) is 12.9. The monoisotopic (exact) mass is 354 g/mol. The molecule has 0 spiro atoms. The molecule has 22 heavy (non-hydrogen) atoms. The smallest absolute Gasteiger partial charge is 0.319 e. The van der Waals surface area contributed by atoms with Crippen LogP contribution in [0, 0.1) is 0 Å². The van der Waals surface area contributed by atoms with Gasteiger partial charge in [-0.2, -0.15) is 0 Å². The fourth-order valence-electron chi connectivity index (χ4n) is 1.34. The topological polar surface area (TPSA) is 86.7 Å². The van der Waals surface area contributed by atoms with Crippen LogP contribution in [0.15, 0.2) is 0 Å². The van der Waals surface area contributed by atoms with Crippen LogP contribution in [0.2, 0.25) is 0 Å². The number of ether oxygens (including phenoxy) is 2. The molecule has 0 aliphatic rings. The van der Waals surface area contributed by atoms with Crippen molar-refractivity contribution in [3.05, 3.63) is 0 Å². The van der Waals surface area contributed by atoms with Gasteiger partial charge in [-0.25, -0.2) is 0 Å². The Balaban J connectivity index is 4.08. The van der Waals surface area contributed by atoms with Crippen LogP contribution in [0.3, 0.4) is 0 Å². The lowest BCUT2D eigenvalue weighted by atomic mass is 10.2. The number of hydrogen-bond acceptors (Lipinski definition) is 6. The maximum absolute atomic E-state index is 11.7. The van der Waals surface area contributed by atoms with Gasteiger partial charge in [0.2, 0.25) is 0 Å². The van der Waals surface area contributed by atoms with Gasteiger partial charge < -0.3 is 9.47 Å². The molecule has 0 rings (SSSR count). The summed E-state index contributed by atoms with van der Waals surface area (Å²) in [5, 5.41) is 0. The van der Waals surface area contributed by atoms with Gasteiger partial charge in [-0.15, -0.1) is 0 Å². The summed E-state index contributed by atoms with van der Waals surface area (Å²) in [6, 6.07) is 0. The van der Waals surface area contributed by atoms with E-state index in [2.05, 4.69) is 0 Å². The van der Waals surface area contributed by atoms with Gasteiger partial charge >= 0.3 is 11.9 Å². The maximum Gasteiger partial charge on any atom is 0.319 e. The highest BCUT2D eigenvalue weighted by molar-refractivity contribution is 7.89. The highest BCUT2D eigenvalue weighted by Crippen LogP contribution is 2.08. The lowest BCUT2D eigenvalue weighted by Gasteiger charge is -2.19. The first-order valence-corrected chi connectivity index (χ1v) is 9.90. The van der Waals surface area contributed by atoms with Crippen molar-refractivity contribution in [3.63, 3.8) is 0 Å². The normalized spacial score (nSPS) is 15.0. The van der Waals surface area contributed by atoms with Gasteiger partial charge in [0.15, 0.2) is 0 Å². The van der Waals surface area contributed by atoms with Crippen LogP contribution in [-0.4, -0.2) is 54.6 Å². The number of carbonyl (C=O) groups excluding carboxylic acids is 2. The summed E-state index contributed by atoms with van der Waals surface area (Å²) in [6.45, 7) is 10.4. The molecule has 0 saturated heterocycles. The third-order valence-corrected chi connectivity index (χ3v) is 4.63. The Hall–Kier alpha value is -0.760. The molecule has 8 heteroatoms. The maximum atomic E-state index is 11.7. The molecule has 0 bridgehead atoms. The molecule has 0 fully saturated rings. The third-order valence-electron chi connectivity index (χ3n) is 1.94. The van der Waals surface area contributed by atoms with Gasteiger partial charge in [0.1, 0.15) is 22.7 Å². The zero-order valence-electron chi connectivity index (χ0n) is 14.1. The summed E-state index contributed by atoms with van der Waals surface area (Å²) in [6.07, 6.45) is 0. The van der Waals surface area contributed by atoms with Gasteiger partial charge in [0, 0.05) is 33.1 Å². The predicted molar refractivity (Wildman–Crippen MR) is 87.4 cm³/mol. The minimum atomic E-state index is -1.46. The van der Waals surface area contributed by atoms with E-state index in [1.807, 2.05) is 0 Å². The molecule has 6 nitrogen and oxygen atoms in total. The summed E-state index contributed by atoms with van der Waals surface area (Å²) in [7, 11) is -2.92. The Kier molecular flexibility index (Phi) is 8.46. The first-order valence-electron chi connectivity index (χ1n) is 6.92. The van der Waals surface area contributed by atoms with Crippen molar-refractivity contribution < 1.29 is 27.5 Å². The Morgan fingerprint density at radius 1 is 0.727 bits per heavy atom. The Morgan fingerprint density at radius 2 is 1.00 bits per heavy atom. The van der Waals surface area contributed by atoms with Crippen molar-refractivity contribution in [2.24, 2.45) is 0 Å². The van der Waals surface area contributed by atoms with Crippen LogP contribution in [0.4, 0.5) is 0 Å². The molecular weight excluding hydrogens is 328 g/mol. The van der Waals surface area contributed by atoms with Crippen LogP contribution in [0.1, 0.15) is 41.5 Å². The second kappa shape index (κ2) is 8.76. The summed E-state index contributed by atoms with van der Waals surface area (Å²) in [5.41, 5.74) is -1.25. The molecule has 0 heterocycles. The van der Waals surface area contributed by atoms with E-state index in [0.717, 1.165) is 0 Å². The van der Waals surface area contributed by atoms with Gasteiger partial charge in [-0.1, -0.05) is 0 Å². The molecule has 0 aliphatic carbocycles. The van der Waals surface area contributed by atoms with E-state index in [9.17, 15) is 18.0 Å². The van der Waals surface area contributed by atoms with Gasteiger partial charge in [0.25, 0.3) is 0 Å². The summed E-state index contributed by atoms with van der Waals surface area (Å²) < 4.78 is 33.5. The molecule has 2 atom stereocenters. The van der Waals surface area contributed by atoms with Crippen molar-refractivity contribution in [2.45, 2.75) is 52.7 Å². The molecule has 0 aromatic carbocycles. The molecule has 2 unspecified atom stereocenters. The van der Waals surface area contributed by atoms with Gasteiger partial charge in [-0.05, 0) is 41.5 Å². The average Bonchev–Trinajstić information content (AvgIpc) is 2.20. The average molecular weight is 354 g/mol. The second-order valence-electron chi connectivity index (χ2n) is 6.75. The Morgan fingerprint density at radius 3 is 1.23 bits per heavy atom. The van der Waals surface area contributed by atoms with E-state index in [1.165, 1.54) is 0 Å². The summed E-state index contributed by atoms with van der Waals surface area (Å²) in [5.74, 6) is -1.42. The quantitative estimate of drug-likeness (QED) is 0.638. The molecular formula is C14H26O6S2. The number of hydrogen-bond donors (Lipinski definition) is 0. The van der Waals surface area contributed by atoms with Crippen molar-refractivity contribution in [1.82, 2.24) is 0 Å². The first kappa shape index (κ1) is 21.2. The number of carbonyl (C=O) groups is 2. The van der Waals surface area contributed by atoms with Crippen molar-refractivity contribution in [2.75, 3.05) is 23.0 Å². The fourth-order valence-corrected chi connectivity index (χ4v) is 3.75. The molecule has 0 amide bonds. The SMILES string of the molecule is CC(C)(C)OC(=O)CS(=O)CCS(=O)CC(=O)OC(C)(C)C. The standard InChI is InChI=1S/C14H26O6S2/c1-13(2,3)19-11(15)9-21(17)7-8-22(18)10-12(16)20-14(4,5)6/h7-10H2,1-6H3. The van der Waals surface area contributed by atoms with Crippen LogP contribution >= 0.6 is 0 Å². The number of esters is 2. The van der Waals surface area contributed by atoms with Gasteiger partial charge in [0.05, 0.1) is 0 Å². The fraction of sp³-hybridized carbons (Fsp3) is 0.857. The Labute approximate surface area is 137 Å². The minimum absolute atomic E-state index is 0.0780. The van der Waals surface area contributed by atoms with E-state index < -0.39 is 44.7 Å². The van der Waals surface area contributed by atoms with Crippen LogP contribution in [0.25, 0.3) is 0 Å². The van der Waals surface area contributed by atoms with Crippen LogP contribution in [-0.2, 0) is 40.7 Å². The minimum Gasteiger partial charge on any atom is -0.459 e. The van der Waals surface area contributed by atoms with E-state index in [0.29, 0.717) is 0 Å². The van der Waals surface area contributed by atoms with E-state index >= 15 is 0 Å². The summed E-state index contributed by atoms with van der Waals surface area (Å²) >= 11 is 0. The van der Waals surface area contributed by atoms with Crippen LogP contribution < -0.4 is 0 Å². The highest BCUT2D eigenvalue weighted by atomic mass is 32.2. The lowest BCUT2D eigenvalue weighted by Crippen LogP contribution is -2.29. The lowest BCUT2D eigenvalue weighted by molar-refractivity contribution is -0.152. The molecule has 0 aromatic rings. The summed E-state index contributed by atoms with van der Waals surface area (Å²) in [4.78, 5) is 23.0. The molecule has 0 saturated carbocycles. The van der Waals surface area contributed by atoms with Gasteiger partial charge in [-0.3, -0.25) is 18.0 Å². The predicted octanol–water partition coefficient (Wildman–Crippen LogP) is 1.17. The van der Waals surface area contributed by atoms with E-state index in [1.54, 1.807) is 41.5 Å². The van der Waals surface area contributed by atoms with E-state index in [4.69, 9.17) is 9.47 Å². The first-order chi connectivity index (χ1) is 9.78. The molecule has 130 valence electrons. The molecule has 0 radical (unpaired) electrons. The number of rotatable bonds is 7. The largest absolute Gasteiger partial charge is 0.459 e.